The third-order valence-electron chi connectivity index (χ3n) is 3.68. The average Bonchev–Trinajstić information content (AvgIpc) is 2.55. The Hall–Kier alpha value is -2.69. The molecule has 2 rings (SSSR count). The first-order chi connectivity index (χ1) is 11.0. The molecule has 5 heteroatoms. The van der Waals surface area contributed by atoms with Gasteiger partial charge in [0.15, 0.2) is 6.73 Å². The van der Waals surface area contributed by atoms with E-state index in [1.165, 1.54) is 0 Å². The van der Waals surface area contributed by atoms with Gasteiger partial charge in [-0.2, -0.15) is 0 Å². The van der Waals surface area contributed by atoms with Crippen LogP contribution in [0.3, 0.4) is 0 Å². The standard InChI is InChI=1S/C18H22N2O3/c1-12-9-10-13(2)17(14(12)3)23-11-19-18(21)20-15-7-5-6-8-16(15)22-4/h5-10H,11H2,1-4H3,(H2,19,20,21). The van der Waals surface area contributed by atoms with Crippen LogP contribution in [0.2, 0.25) is 0 Å². The molecule has 0 aliphatic heterocycles. The van der Waals surface area contributed by atoms with Gasteiger partial charge in [0.05, 0.1) is 12.8 Å². The number of ether oxygens (including phenoxy) is 2. The van der Waals surface area contributed by atoms with Crippen LogP contribution in [0.25, 0.3) is 0 Å². The first-order valence-electron chi connectivity index (χ1n) is 7.40. The number of methoxy groups -OCH3 is 1. The summed E-state index contributed by atoms with van der Waals surface area (Å²) in [7, 11) is 1.56. The van der Waals surface area contributed by atoms with Gasteiger partial charge in [0, 0.05) is 0 Å². The van der Waals surface area contributed by atoms with Crippen LogP contribution in [0.5, 0.6) is 11.5 Å². The Morgan fingerprint density at radius 1 is 1.04 bits per heavy atom. The Kier molecular flexibility index (Phi) is 5.46. The van der Waals surface area contributed by atoms with Gasteiger partial charge in [-0.05, 0) is 49.6 Å². The van der Waals surface area contributed by atoms with Gasteiger partial charge < -0.3 is 20.1 Å². The summed E-state index contributed by atoms with van der Waals surface area (Å²) in [4.78, 5) is 11.9. The molecular formula is C18H22N2O3. The lowest BCUT2D eigenvalue weighted by Gasteiger charge is -2.15. The smallest absolute Gasteiger partial charge is 0.321 e. The highest BCUT2D eigenvalue weighted by molar-refractivity contribution is 5.90. The van der Waals surface area contributed by atoms with Gasteiger partial charge >= 0.3 is 6.03 Å². The summed E-state index contributed by atoms with van der Waals surface area (Å²) >= 11 is 0. The topological polar surface area (TPSA) is 59.6 Å². The highest BCUT2D eigenvalue weighted by Gasteiger charge is 2.08. The van der Waals surface area contributed by atoms with Crippen molar-refractivity contribution in [3.8, 4) is 11.5 Å². The fourth-order valence-electron chi connectivity index (χ4n) is 2.24. The monoisotopic (exact) mass is 314 g/mol. The zero-order chi connectivity index (χ0) is 16.8. The molecule has 2 aromatic rings. The summed E-state index contributed by atoms with van der Waals surface area (Å²) in [6.07, 6.45) is 0. The second-order valence-electron chi connectivity index (χ2n) is 5.27. The molecule has 23 heavy (non-hydrogen) atoms. The maximum atomic E-state index is 11.9. The number of urea groups is 1. The zero-order valence-corrected chi connectivity index (χ0v) is 13.9. The average molecular weight is 314 g/mol. The van der Waals surface area contributed by atoms with Crippen molar-refractivity contribution < 1.29 is 14.3 Å². The Bertz CT molecular complexity index is 699. The second kappa shape index (κ2) is 7.54. The minimum Gasteiger partial charge on any atom is -0.495 e. The van der Waals surface area contributed by atoms with Crippen LogP contribution >= 0.6 is 0 Å². The number of hydrogen-bond donors (Lipinski definition) is 2. The predicted octanol–water partition coefficient (Wildman–Crippen LogP) is 3.78. The number of nitrogens with one attached hydrogen (secondary N) is 2. The third kappa shape index (κ3) is 4.16. The molecule has 0 radical (unpaired) electrons. The van der Waals surface area contributed by atoms with Crippen LogP contribution in [0.15, 0.2) is 36.4 Å². The molecule has 2 amide bonds. The van der Waals surface area contributed by atoms with Crippen molar-refractivity contribution in [2.45, 2.75) is 20.8 Å². The number of aryl methyl sites for hydroxylation is 2. The van der Waals surface area contributed by atoms with Gasteiger partial charge in [-0.1, -0.05) is 24.3 Å². The molecule has 0 unspecified atom stereocenters. The van der Waals surface area contributed by atoms with E-state index in [2.05, 4.69) is 16.7 Å². The van der Waals surface area contributed by atoms with Crippen molar-refractivity contribution in [2.75, 3.05) is 19.2 Å². The van der Waals surface area contributed by atoms with Crippen molar-refractivity contribution in [3.63, 3.8) is 0 Å². The molecule has 5 nitrogen and oxygen atoms in total. The van der Waals surface area contributed by atoms with E-state index >= 15 is 0 Å². The van der Waals surface area contributed by atoms with Crippen LogP contribution in [0.4, 0.5) is 10.5 Å². The summed E-state index contributed by atoms with van der Waals surface area (Å²) in [5.74, 6) is 1.41. The van der Waals surface area contributed by atoms with E-state index in [-0.39, 0.29) is 12.8 Å². The van der Waals surface area contributed by atoms with Gasteiger partial charge in [-0.25, -0.2) is 4.79 Å². The molecular weight excluding hydrogens is 292 g/mol. The molecule has 0 bridgehead atoms. The normalized spacial score (nSPS) is 10.1. The Morgan fingerprint density at radius 2 is 1.74 bits per heavy atom. The Morgan fingerprint density at radius 3 is 2.48 bits per heavy atom. The van der Waals surface area contributed by atoms with Gasteiger partial charge in [0.2, 0.25) is 0 Å². The maximum absolute atomic E-state index is 11.9. The summed E-state index contributed by atoms with van der Waals surface area (Å²) in [5.41, 5.74) is 3.89. The van der Waals surface area contributed by atoms with Crippen molar-refractivity contribution in [1.29, 1.82) is 0 Å². The molecule has 0 atom stereocenters. The van der Waals surface area contributed by atoms with E-state index in [0.29, 0.717) is 11.4 Å². The fourth-order valence-corrected chi connectivity index (χ4v) is 2.24. The van der Waals surface area contributed by atoms with Gasteiger partial charge in [-0.3, -0.25) is 0 Å². The quantitative estimate of drug-likeness (QED) is 0.826. The second-order valence-corrected chi connectivity index (χ2v) is 5.27. The van der Waals surface area contributed by atoms with Gasteiger partial charge in [0.1, 0.15) is 11.5 Å². The van der Waals surface area contributed by atoms with E-state index in [4.69, 9.17) is 9.47 Å². The van der Waals surface area contributed by atoms with Crippen LogP contribution in [-0.4, -0.2) is 19.9 Å². The van der Waals surface area contributed by atoms with Crippen molar-refractivity contribution in [1.82, 2.24) is 5.32 Å². The minimum atomic E-state index is -0.350. The zero-order valence-electron chi connectivity index (χ0n) is 13.9. The number of hydrogen-bond acceptors (Lipinski definition) is 3. The summed E-state index contributed by atoms with van der Waals surface area (Å²) in [6.45, 7) is 6.11. The largest absolute Gasteiger partial charge is 0.495 e. The number of carbonyl (C=O) groups is 1. The molecule has 0 aliphatic rings. The fraction of sp³-hybridized carbons (Fsp3) is 0.278. The molecule has 2 N–H and O–H groups in total. The summed E-state index contributed by atoms with van der Waals surface area (Å²) in [5, 5.41) is 5.41. The summed E-state index contributed by atoms with van der Waals surface area (Å²) < 4.78 is 10.9. The lowest BCUT2D eigenvalue weighted by Crippen LogP contribution is -2.32. The molecule has 0 aliphatic carbocycles. The van der Waals surface area contributed by atoms with Crippen molar-refractivity contribution in [3.05, 3.63) is 53.1 Å². The van der Waals surface area contributed by atoms with Crippen LogP contribution in [0, 0.1) is 20.8 Å². The van der Waals surface area contributed by atoms with Gasteiger partial charge in [0.25, 0.3) is 0 Å². The number of rotatable bonds is 5. The Balaban J connectivity index is 1.92. The predicted molar refractivity (Wildman–Crippen MR) is 91.3 cm³/mol. The number of para-hydroxylation sites is 2. The molecule has 0 heterocycles. The number of carbonyl (C=O) groups excluding carboxylic acids is 1. The molecule has 0 saturated carbocycles. The first-order valence-corrected chi connectivity index (χ1v) is 7.40. The van der Waals surface area contributed by atoms with Crippen molar-refractivity contribution >= 4 is 11.7 Å². The number of benzene rings is 2. The molecule has 0 saturated heterocycles. The summed E-state index contributed by atoms with van der Waals surface area (Å²) in [6, 6.07) is 10.9. The first kappa shape index (κ1) is 16.7. The van der Waals surface area contributed by atoms with Crippen LogP contribution < -0.4 is 20.1 Å². The molecule has 0 fully saturated rings. The van der Waals surface area contributed by atoms with E-state index in [9.17, 15) is 4.79 Å². The Labute approximate surface area is 136 Å². The lowest BCUT2D eigenvalue weighted by atomic mass is 10.1. The van der Waals surface area contributed by atoms with E-state index in [1.54, 1.807) is 19.2 Å². The van der Waals surface area contributed by atoms with Crippen LogP contribution in [0.1, 0.15) is 16.7 Å². The minimum absolute atomic E-state index is 0.0894. The highest BCUT2D eigenvalue weighted by atomic mass is 16.5. The molecule has 2 aromatic carbocycles. The highest BCUT2D eigenvalue weighted by Crippen LogP contribution is 2.25. The van der Waals surface area contributed by atoms with E-state index in [0.717, 1.165) is 22.4 Å². The number of anilines is 1. The molecule has 0 aromatic heterocycles. The lowest BCUT2D eigenvalue weighted by molar-refractivity contribution is 0.234. The molecule has 122 valence electrons. The van der Waals surface area contributed by atoms with E-state index in [1.807, 2.05) is 39.0 Å². The SMILES string of the molecule is COc1ccccc1NC(=O)NCOc1c(C)ccc(C)c1C. The third-order valence-corrected chi connectivity index (χ3v) is 3.68. The van der Waals surface area contributed by atoms with Gasteiger partial charge in [-0.15, -0.1) is 0 Å². The molecule has 0 spiro atoms. The number of amides is 2. The van der Waals surface area contributed by atoms with Crippen LogP contribution in [-0.2, 0) is 0 Å². The van der Waals surface area contributed by atoms with E-state index < -0.39 is 0 Å². The maximum Gasteiger partial charge on any atom is 0.321 e. The van der Waals surface area contributed by atoms with Crippen molar-refractivity contribution in [2.24, 2.45) is 0 Å².